The van der Waals surface area contributed by atoms with Gasteiger partial charge < -0.3 is 0 Å². The molecule has 0 saturated carbocycles. The zero-order valence-electron chi connectivity index (χ0n) is 17.1. The Morgan fingerprint density at radius 2 is 1.87 bits per heavy atom. The summed E-state index contributed by atoms with van der Waals surface area (Å²) in [6, 6.07) is 15.5. The number of hydrogen-bond donors (Lipinski definition) is 0. The van der Waals surface area contributed by atoms with Crippen LogP contribution in [0.4, 0.5) is 0 Å². The van der Waals surface area contributed by atoms with Crippen molar-refractivity contribution in [2.75, 3.05) is 13.1 Å². The summed E-state index contributed by atoms with van der Waals surface area (Å²) in [5.41, 5.74) is 2.87. The van der Waals surface area contributed by atoms with E-state index in [1.807, 2.05) is 36.4 Å². The van der Waals surface area contributed by atoms with Crippen molar-refractivity contribution in [3.05, 3.63) is 78.8 Å². The minimum absolute atomic E-state index is 0.317. The summed E-state index contributed by atoms with van der Waals surface area (Å²) in [6.07, 6.45) is 10.9. The molecule has 2 aromatic carbocycles. The zero-order valence-corrected chi connectivity index (χ0v) is 17.9. The van der Waals surface area contributed by atoms with E-state index in [9.17, 15) is 8.42 Å². The van der Waals surface area contributed by atoms with Crippen LogP contribution in [0.25, 0.3) is 27.2 Å². The van der Waals surface area contributed by atoms with E-state index in [1.165, 1.54) is 22.4 Å². The Hall–Kier alpha value is -2.96. The molecule has 0 bridgehead atoms. The molecule has 1 atom stereocenters. The number of hydrogen-bond acceptors (Lipinski definition) is 4. The van der Waals surface area contributed by atoms with Gasteiger partial charge >= 0.3 is 0 Å². The van der Waals surface area contributed by atoms with Gasteiger partial charge in [0.1, 0.15) is 0 Å². The zero-order chi connectivity index (χ0) is 21.0. The van der Waals surface area contributed by atoms with E-state index in [0.717, 1.165) is 41.2 Å². The van der Waals surface area contributed by atoms with Gasteiger partial charge in [-0.1, -0.05) is 42.5 Å². The molecule has 6 heteroatoms. The van der Waals surface area contributed by atoms with Crippen molar-refractivity contribution in [1.82, 2.24) is 13.9 Å². The van der Waals surface area contributed by atoms with Gasteiger partial charge in [-0.15, -0.1) is 0 Å². The van der Waals surface area contributed by atoms with Gasteiger partial charge in [0, 0.05) is 41.3 Å². The Bertz CT molecular complexity index is 1450. The highest BCUT2D eigenvalue weighted by Crippen LogP contribution is 2.37. The monoisotopic (exact) mass is 429 g/mol. The second-order valence-corrected chi connectivity index (χ2v) is 10.2. The summed E-state index contributed by atoms with van der Waals surface area (Å²) in [6.45, 7) is 2.10. The maximum absolute atomic E-state index is 13.8. The number of rotatable bonds is 3. The first-order valence-electron chi connectivity index (χ1n) is 10.7. The van der Waals surface area contributed by atoms with E-state index in [2.05, 4.69) is 16.0 Å². The standard InChI is InChI=1S/C25H23N3O2S/c29-31(30,25-9-3-6-18-5-1-2-8-21(18)25)28-17-23(22-10-12-26-16-24(22)28)19-11-14-27-13-4-7-20(27)15-19/h1-3,5-6,8-12,16-17,20H,4,7,13-15H2. The van der Waals surface area contributed by atoms with Crippen LogP contribution in [0, 0.1) is 0 Å². The number of nitrogens with zero attached hydrogens (tertiary/aromatic N) is 3. The van der Waals surface area contributed by atoms with Crippen LogP contribution in [0.5, 0.6) is 0 Å². The number of aromatic nitrogens is 2. The second-order valence-electron chi connectivity index (χ2n) is 8.44. The lowest BCUT2D eigenvalue weighted by Gasteiger charge is -2.29. The minimum atomic E-state index is -3.79. The third-order valence-electron chi connectivity index (χ3n) is 6.73. The van der Waals surface area contributed by atoms with Crippen molar-refractivity contribution in [2.45, 2.75) is 30.2 Å². The smallest absolute Gasteiger partial charge is 0.268 e. The van der Waals surface area contributed by atoms with Crippen LogP contribution >= 0.6 is 0 Å². The van der Waals surface area contributed by atoms with Crippen LogP contribution < -0.4 is 0 Å². The van der Waals surface area contributed by atoms with Crippen LogP contribution in [-0.4, -0.2) is 41.4 Å². The first-order valence-corrected chi connectivity index (χ1v) is 12.2. The van der Waals surface area contributed by atoms with E-state index in [0.29, 0.717) is 16.5 Å². The Morgan fingerprint density at radius 3 is 2.81 bits per heavy atom. The van der Waals surface area contributed by atoms with Gasteiger partial charge in [-0.2, -0.15) is 0 Å². The van der Waals surface area contributed by atoms with E-state index < -0.39 is 10.0 Å². The van der Waals surface area contributed by atoms with E-state index in [4.69, 9.17) is 0 Å². The molecule has 6 rings (SSSR count). The SMILES string of the molecule is O=S(=O)(c1cccc2ccccc12)n1cc(C2=CCN3CCCC3C2)c2ccncc21. The maximum Gasteiger partial charge on any atom is 0.268 e. The minimum Gasteiger partial charge on any atom is -0.296 e. The Morgan fingerprint density at radius 1 is 1.00 bits per heavy atom. The third-order valence-corrected chi connectivity index (χ3v) is 8.47. The van der Waals surface area contributed by atoms with Crippen molar-refractivity contribution in [3.8, 4) is 0 Å². The van der Waals surface area contributed by atoms with Crippen LogP contribution in [0.1, 0.15) is 24.8 Å². The normalized spacial score (nSPS) is 19.6. The highest BCUT2D eigenvalue weighted by atomic mass is 32.2. The van der Waals surface area contributed by atoms with Crippen molar-refractivity contribution in [1.29, 1.82) is 0 Å². The molecule has 0 aliphatic carbocycles. The Balaban J connectivity index is 1.54. The molecule has 2 aliphatic rings. The van der Waals surface area contributed by atoms with Crippen molar-refractivity contribution in [2.24, 2.45) is 0 Å². The van der Waals surface area contributed by atoms with Gasteiger partial charge in [-0.3, -0.25) is 9.88 Å². The van der Waals surface area contributed by atoms with Gasteiger partial charge in [0.2, 0.25) is 0 Å². The molecular formula is C25H23N3O2S. The lowest BCUT2D eigenvalue weighted by molar-refractivity contribution is 0.275. The molecule has 2 aromatic heterocycles. The topological polar surface area (TPSA) is 55.2 Å². The molecule has 0 radical (unpaired) electrons. The first kappa shape index (κ1) is 18.8. The Kier molecular flexibility index (Phi) is 4.26. The first-order chi connectivity index (χ1) is 15.1. The lowest BCUT2D eigenvalue weighted by atomic mass is 9.94. The molecule has 156 valence electrons. The van der Waals surface area contributed by atoms with Gasteiger partial charge in [-0.25, -0.2) is 12.4 Å². The molecule has 0 spiro atoms. The van der Waals surface area contributed by atoms with Gasteiger partial charge in [0.25, 0.3) is 10.0 Å². The van der Waals surface area contributed by atoms with Crippen molar-refractivity contribution < 1.29 is 8.42 Å². The van der Waals surface area contributed by atoms with Crippen LogP contribution in [0.15, 0.2) is 78.1 Å². The predicted octanol–water partition coefficient (Wildman–Crippen LogP) is 4.68. The second kappa shape index (κ2) is 7.04. The van der Waals surface area contributed by atoms with E-state index in [1.54, 1.807) is 30.7 Å². The predicted molar refractivity (Wildman–Crippen MR) is 123 cm³/mol. The maximum atomic E-state index is 13.8. The van der Waals surface area contributed by atoms with E-state index >= 15 is 0 Å². The average molecular weight is 430 g/mol. The van der Waals surface area contributed by atoms with Crippen LogP contribution in [0.3, 0.4) is 0 Å². The molecule has 4 aromatic rings. The molecule has 31 heavy (non-hydrogen) atoms. The molecular weight excluding hydrogens is 406 g/mol. The summed E-state index contributed by atoms with van der Waals surface area (Å²) in [5.74, 6) is 0. The fourth-order valence-electron chi connectivity index (χ4n) is 5.18. The number of fused-ring (bicyclic) bond motifs is 3. The fraction of sp³-hybridized carbons (Fsp3) is 0.240. The van der Waals surface area contributed by atoms with Gasteiger partial charge in [0.15, 0.2) is 0 Å². The highest BCUT2D eigenvalue weighted by molar-refractivity contribution is 7.90. The van der Waals surface area contributed by atoms with Gasteiger partial charge in [-0.05, 0) is 48.9 Å². The molecule has 1 saturated heterocycles. The van der Waals surface area contributed by atoms with Crippen molar-refractivity contribution >= 4 is 37.3 Å². The molecule has 2 aliphatic heterocycles. The summed E-state index contributed by atoms with van der Waals surface area (Å²) < 4.78 is 29.1. The lowest BCUT2D eigenvalue weighted by Crippen LogP contribution is -2.32. The highest BCUT2D eigenvalue weighted by Gasteiger charge is 2.30. The van der Waals surface area contributed by atoms with Crippen LogP contribution in [-0.2, 0) is 10.0 Å². The summed E-state index contributed by atoms with van der Waals surface area (Å²) in [5, 5.41) is 2.59. The number of pyridine rings is 1. The molecule has 5 nitrogen and oxygen atoms in total. The quantitative estimate of drug-likeness (QED) is 0.475. The molecule has 1 fully saturated rings. The molecule has 1 unspecified atom stereocenters. The van der Waals surface area contributed by atoms with Gasteiger partial charge in [0.05, 0.1) is 16.6 Å². The molecule has 0 N–H and O–H groups in total. The number of benzene rings is 2. The summed E-state index contributed by atoms with van der Waals surface area (Å²) in [4.78, 5) is 7.08. The molecule has 4 heterocycles. The van der Waals surface area contributed by atoms with Crippen LogP contribution in [0.2, 0.25) is 0 Å². The molecule has 0 amide bonds. The summed E-state index contributed by atoms with van der Waals surface area (Å²) in [7, 11) is -3.79. The van der Waals surface area contributed by atoms with Crippen molar-refractivity contribution in [3.63, 3.8) is 0 Å². The average Bonchev–Trinajstić information content (AvgIpc) is 3.43. The largest absolute Gasteiger partial charge is 0.296 e. The third kappa shape index (κ3) is 2.93. The fourth-order valence-corrected chi connectivity index (χ4v) is 6.75. The van der Waals surface area contributed by atoms with E-state index in [-0.39, 0.29) is 0 Å². The summed E-state index contributed by atoms with van der Waals surface area (Å²) >= 11 is 0. The Labute approximate surface area is 181 Å².